The summed E-state index contributed by atoms with van der Waals surface area (Å²) in [6, 6.07) is -0.720. The maximum absolute atomic E-state index is 13.2. The number of carboxylic acid groups (broad SMARTS) is 1. The van der Waals surface area contributed by atoms with Crippen molar-refractivity contribution in [2.45, 2.75) is 19.1 Å². The van der Waals surface area contributed by atoms with Crippen molar-refractivity contribution in [2.24, 2.45) is 0 Å². The highest BCUT2D eigenvalue weighted by atomic mass is 19.2. The lowest BCUT2D eigenvalue weighted by Gasteiger charge is -2.17. The first-order valence-corrected chi connectivity index (χ1v) is 4.86. The number of pyridine rings is 1. The number of carbonyl (C=O) groups excluding carboxylic acids is 1. The molecule has 3 N–H and O–H groups in total. The molecule has 2 unspecified atom stereocenters. The molecule has 0 aliphatic heterocycles. The fourth-order valence-electron chi connectivity index (χ4n) is 1.20. The largest absolute Gasteiger partial charge is 0.480 e. The van der Waals surface area contributed by atoms with Crippen LogP contribution < -0.4 is 5.32 Å². The van der Waals surface area contributed by atoms with E-state index in [0.717, 1.165) is 19.2 Å². The molecule has 0 saturated heterocycles. The number of aliphatic carboxylic acids is 1. The van der Waals surface area contributed by atoms with Crippen LogP contribution in [0.4, 0.5) is 8.78 Å². The number of carboxylic acids is 1. The molecule has 0 spiro atoms. The maximum atomic E-state index is 13.2. The lowest BCUT2D eigenvalue weighted by Crippen LogP contribution is -2.47. The van der Waals surface area contributed by atoms with Gasteiger partial charge in [0.25, 0.3) is 5.91 Å². The Morgan fingerprint density at radius 1 is 1.44 bits per heavy atom. The van der Waals surface area contributed by atoms with E-state index in [1.165, 1.54) is 0 Å². The van der Waals surface area contributed by atoms with Crippen LogP contribution in [0.25, 0.3) is 0 Å². The van der Waals surface area contributed by atoms with Crippen LogP contribution >= 0.6 is 0 Å². The fraction of sp³-hybridized carbons (Fsp3) is 0.300. The average molecular weight is 260 g/mol. The Kier molecular flexibility index (Phi) is 4.27. The standard InChI is InChI=1S/C10H10F2N2O4/c1-4(15)7(10(17)18)14-9(16)5-2-3-13-8(12)6(5)11/h2-4,7,15H,1H3,(H,14,16)(H,17,18). The van der Waals surface area contributed by atoms with Gasteiger partial charge in [-0.05, 0) is 13.0 Å². The second-order valence-corrected chi connectivity index (χ2v) is 3.49. The molecule has 1 aromatic heterocycles. The first kappa shape index (κ1) is 14.0. The van der Waals surface area contributed by atoms with E-state index in [4.69, 9.17) is 10.2 Å². The molecule has 6 nitrogen and oxygen atoms in total. The molecule has 18 heavy (non-hydrogen) atoms. The third-order valence-electron chi connectivity index (χ3n) is 2.13. The first-order chi connectivity index (χ1) is 8.34. The van der Waals surface area contributed by atoms with Gasteiger partial charge >= 0.3 is 5.97 Å². The Morgan fingerprint density at radius 2 is 2.06 bits per heavy atom. The van der Waals surface area contributed by atoms with E-state index < -0.39 is 41.4 Å². The van der Waals surface area contributed by atoms with Gasteiger partial charge in [0.05, 0.1) is 11.7 Å². The van der Waals surface area contributed by atoms with Gasteiger partial charge in [0.15, 0.2) is 11.9 Å². The normalized spacial score (nSPS) is 13.8. The number of aromatic nitrogens is 1. The zero-order chi connectivity index (χ0) is 13.9. The van der Waals surface area contributed by atoms with Crippen LogP contribution in [0.3, 0.4) is 0 Å². The van der Waals surface area contributed by atoms with E-state index in [9.17, 15) is 18.4 Å². The van der Waals surface area contributed by atoms with E-state index in [-0.39, 0.29) is 0 Å². The summed E-state index contributed by atoms with van der Waals surface area (Å²) in [5.41, 5.74) is -0.686. The quantitative estimate of drug-likeness (QED) is 0.658. The minimum Gasteiger partial charge on any atom is -0.480 e. The van der Waals surface area contributed by atoms with Gasteiger partial charge in [-0.25, -0.2) is 14.2 Å². The van der Waals surface area contributed by atoms with Gasteiger partial charge in [-0.3, -0.25) is 4.79 Å². The highest BCUT2D eigenvalue weighted by Crippen LogP contribution is 2.09. The average Bonchev–Trinajstić information content (AvgIpc) is 2.28. The van der Waals surface area contributed by atoms with Crippen LogP contribution in [-0.4, -0.2) is 39.2 Å². The highest BCUT2D eigenvalue weighted by Gasteiger charge is 2.27. The predicted octanol–water partition coefficient (Wildman–Crippen LogP) is -0.0764. The third-order valence-corrected chi connectivity index (χ3v) is 2.13. The molecule has 0 saturated carbocycles. The topological polar surface area (TPSA) is 99.5 Å². The van der Waals surface area contributed by atoms with Crippen molar-refractivity contribution in [3.05, 3.63) is 29.6 Å². The van der Waals surface area contributed by atoms with Gasteiger partial charge < -0.3 is 15.5 Å². The number of rotatable bonds is 4. The fourth-order valence-corrected chi connectivity index (χ4v) is 1.20. The van der Waals surface area contributed by atoms with Crippen molar-refractivity contribution in [1.29, 1.82) is 0 Å². The second-order valence-electron chi connectivity index (χ2n) is 3.49. The van der Waals surface area contributed by atoms with E-state index in [1.54, 1.807) is 0 Å². The molecule has 0 aliphatic rings. The molecule has 2 atom stereocenters. The van der Waals surface area contributed by atoms with Crippen molar-refractivity contribution >= 4 is 11.9 Å². The minimum absolute atomic E-state index is 0.686. The first-order valence-electron chi connectivity index (χ1n) is 4.86. The summed E-state index contributed by atoms with van der Waals surface area (Å²) in [6.45, 7) is 1.14. The van der Waals surface area contributed by atoms with Crippen LogP contribution in [0, 0.1) is 11.8 Å². The van der Waals surface area contributed by atoms with Crippen LogP contribution in [0.2, 0.25) is 0 Å². The molecule has 1 rings (SSSR count). The van der Waals surface area contributed by atoms with Crippen LogP contribution in [0.5, 0.6) is 0 Å². The number of aliphatic hydroxyl groups is 1. The molecule has 0 aliphatic carbocycles. The van der Waals surface area contributed by atoms with Crippen LogP contribution in [0.15, 0.2) is 12.3 Å². The Hall–Kier alpha value is -2.09. The zero-order valence-corrected chi connectivity index (χ0v) is 9.22. The van der Waals surface area contributed by atoms with E-state index >= 15 is 0 Å². The predicted molar refractivity (Wildman–Crippen MR) is 54.7 cm³/mol. The molecule has 0 fully saturated rings. The summed E-state index contributed by atoms with van der Waals surface area (Å²) in [7, 11) is 0. The van der Waals surface area contributed by atoms with Gasteiger partial charge in [0.2, 0.25) is 5.95 Å². The molecular weight excluding hydrogens is 250 g/mol. The van der Waals surface area contributed by atoms with Crippen molar-refractivity contribution in [1.82, 2.24) is 10.3 Å². The highest BCUT2D eigenvalue weighted by molar-refractivity contribution is 5.96. The molecule has 0 aromatic carbocycles. The molecule has 1 amide bonds. The number of hydrogen-bond acceptors (Lipinski definition) is 4. The zero-order valence-electron chi connectivity index (χ0n) is 9.22. The molecule has 0 bridgehead atoms. The number of nitrogens with one attached hydrogen (secondary N) is 1. The molecular formula is C10H10F2N2O4. The summed E-state index contributed by atoms with van der Waals surface area (Å²) >= 11 is 0. The Bertz CT molecular complexity index is 479. The molecule has 1 aromatic rings. The van der Waals surface area contributed by atoms with Gasteiger partial charge in [0.1, 0.15) is 0 Å². The van der Waals surface area contributed by atoms with Gasteiger partial charge in [-0.2, -0.15) is 4.39 Å². The summed E-state index contributed by atoms with van der Waals surface area (Å²) in [5, 5.41) is 19.7. The monoisotopic (exact) mass is 260 g/mol. The third kappa shape index (κ3) is 2.98. The van der Waals surface area contributed by atoms with Gasteiger partial charge in [-0.1, -0.05) is 0 Å². The summed E-state index contributed by atoms with van der Waals surface area (Å²) < 4.78 is 26.0. The van der Waals surface area contributed by atoms with Crippen LogP contribution in [-0.2, 0) is 4.79 Å². The molecule has 0 radical (unpaired) electrons. The summed E-state index contributed by atoms with van der Waals surface area (Å²) in [5.74, 6) is -5.59. The lowest BCUT2D eigenvalue weighted by molar-refractivity contribution is -0.141. The van der Waals surface area contributed by atoms with E-state index in [1.807, 2.05) is 5.32 Å². The lowest BCUT2D eigenvalue weighted by atomic mass is 10.1. The van der Waals surface area contributed by atoms with Crippen LogP contribution in [0.1, 0.15) is 17.3 Å². The molecule has 1 heterocycles. The molecule has 8 heteroatoms. The summed E-state index contributed by atoms with van der Waals surface area (Å²) in [4.78, 5) is 25.2. The second kappa shape index (κ2) is 5.50. The summed E-state index contributed by atoms with van der Waals surface area (Å²) in [6.07, 6.45) is -0.521. The Balaban J connectivity index is 2.94. The number of amides is 1. The Morgan fingerprint density at radius 3 is 2.56 bits per heavy atom. The van der Waals surface area contributed by atoms with Crippen molar-refractivity contribution in [3.8, 4) is 0 Å². The molecule has 98 valence electrons. The number of hydrogen-bond donors (Lipinski definition) is 3. The number of carbonyl (C=O) groups is 2. The Labute approximate surface area is 100 Å². The SMILES string of the molecule is CC(O)C(NC(=O)c1ccnc(F)c1F)C(=O)O. The number of nitrogens with zero attached hydrogens (tertiary/aromatic N) is 1. The van der Waals surface area contributed by atoms with Crippen molar-refractivity contribution in [3.63, 3.8) is 0 Å². The number of aliphatic hydroxyl groups excluding tert-OH is 1. The van der Waals surface area contributed by atoms with Crippen molar-refractivity contribution in [2.75, 3.05) is 0 Å². The maximum Gasteiger partial charge on any atom is 0.328 e. The minimum atomic E-state index is -1.62. The van der Waals surface area contributed by atoms with E-state index in [0.29, 0.717) is 0 Å². The van der Waals surface area contributed by atoms with Crippen molar-refractivity contribution < 1.29 is 28.6 Å². The van der Waals surface area contributed by atoms with Gasteiger partial charge in [0, 0.05) is 6.20 Å². The number of halogens is 2. The van der Waals surface area contributed by atoms with E-state index in [2.05, 4.69) is 4.98 Å². The van der Waals surface area contributed by atoms with Gasteiger partial charge in [-0.15, -0.1) is 0 Å². The smallest absolute Gasteiger partial charge is 0.328 e.